The molecular formula is C8H13NO. The molecule has 0 aromatic heterocycles. The summed E-state index contributed by atoms with van der Waals surface area (Å²) in [7, 11) is 1.91. The van der Waals surface area contributed by atoms with E-state index < -0.39 is 0 Å². The number of hydrogen-bond donors (Lipinski definition) is 0. The number of carbonyl (C=O) groups excluding carboxylic acids is 1. The second kappa shape index (κ2) is 1.74. The zero-order valence-corrected chi connectivity index (χ0v) is 6.39. The highest BCUT2D eigenvalue weighted by atomic mass is 16.2. The first kappa shape index (κ1) is 6.20. The van der Waals surface area contributed by atoms with Crippen molar-refractivity contribution in [2.24, 2.45) is 5.41 Å². The number of hydrogen-bond acceptors (Lipinski definition) is 1. The molecule has 0 atom stereocenters. The molecule has 1 heterocycles. The monoisotopic (exact) mass is 139 g/mol. The highest BCUT2D eigenvalue weighted by Crippen LogP contribution is 2.48. The van der Waals surface area contributed by atoms with E-state index in [0.29, 0.717) is 5.91 Å². The maximum atomic E-state index is 11.4. The topological polar surface area (TPSA) is 20.3 Å². The van der Waals surface area contributed by atoms with Crippen LogP contribution in [0.4, 0.5) is 0 Å². The predicted molar refractivity (Wildman–Crippen MR) is 38.5 cm³/mol. The second-order valence-electron chi connectivity index (χ2n) is 3.61. The number of carbonyl (C=O) groups is 1. The van der Waals surface area contributed by atoms with E-state index in [1.165, 1.54) is 6.42 Å². The molecule has 2 rings (SSSR count). The molecule has 2 nitrogen and oxygen atoms in total. The molecule has 10 heavy (non-hydrogen) atoms. The molecule has 0 radical (unpaired) electrons. The molecule has 2 aliphatic rings. The van der Waals surface area contributed by atoms with Crippen LogP contribution in [0.15, 0.2) is 0 Å². The van der Waals surface area contributed by atoms with Gasteiger partial charge in [-0.3, -0.25) is 4.79 Å². The summed E-state index contributed by atoms with van der Waals surface area (Å²) in [5, 5.41) is 0. The van der Waals surface area contributed by atoms with Crippen molar-refractivity contribution in [2.45, 2.75) is 25.7 Å². The van der Waals surface area contributed by atoms with Crippen LogP contribution < -0.4 is 0 Å². The van der Waals surface area contributed by atoms with Gasteiger partial charge in [0.2, 0.25) is 5.91 Å². The average Bonchev–Trinajstić information content (AvgIpc) is 2.10. The first-order chi connectivity index (χ1) is 4.75. The van der Waals surface area contributed by atoms with E-state index in [9.17, 15) is 4.79 Å². The number of likely N-dealkylation sites (tertiary alicyclic amines) is 1. The van der Waals surface area contributed by atoms with Crippen molar-refractivity contribution in [3.05, 3.63) is 0 Å². The van der Waals surface area contributed by atoms with Crippen LogP contribution in [-0.2, 0) is 4.79 Å². The Kier molecular flexibility index (Phi) is 1.08. The molecule has 1 amide bonds. The second-order valence-corrected chi connectivity index (χ2v) is 3.61. The van der Waals surface area contributed by atoms with Gasteiger partial charge in [0.05, 0.1) is 5.41 Å². The molecule has 1 aliphatic heterocycles. The van der Waals surface area contributed by atoms with Gasteiger partial charge in [-0.15, -0.1) is 0 Å². The van der Waals surface area contributed by atoms with Crippen LogP contribution in [0.5, 0.6) is 0 Å². The molecule has 1 saturated carbocycles. The third-order valence-corrected chi connectivity index (χ3v) is 3.04. The minimum Gasteiger partial charge on any atom is -0.345 e. The Bertz CT molecular complexity index is 172. The van der Waals surface area contributed by atoms with Gasteiger partial charge in [-0.25, -0.2) is 0 Å². The van der Waals surface area contributed by atoms with E-state index in [4.69, 9.17) is 0 Å². The molecule has 1 spiro atoms. The molecule has 2 heteroatoms. The molecule has 0 bridgehead atoms. The van der Waals surface area contributed by atoms with E-state index in [2.05, 4.69) is 0 Å². The standard InChI is InChI=1S/C8H13NO/c1-9-6-5-8(7(9)10)3-2-4-8/h2-6H2,1H3. The Hall–Kier alpha value is -0.530. The van der Waals surface area contributed by atoms with E-state index in [1.54, 1.807) is 0 Å². The lowest BCUT2D eigenvalue weighted by Crippen LogP contribution is -2.37. The van der Waals surface area contributed by atoms with E-state index in [-0.39, 0.29) is 5.41 Å². The van der Waals surface area contributed by atoms with Crippen LogP contribution in [0.1, 0.15) is 25.7 Å². The van der Waals surface area contributed by atoms with Crippen LogP contribution in [-0.4, -0.2) is 24.4 Å². The van der Waals surface area contributed by atoms with Crippen molar-refractivity contribution in [3.8, 4) is 0 Å². The highest BCUT2D eigenvalue weighted by molar-refractivity contribution is 5.85. The van der Waals surface area contributed by atoms with Crippen molar-refractivity contribution in [3.63, 3.8) is 0 Å². The summed E-state index contributed by atoms with van der Waals surface area (Å²) in [5.41, 5.74) is 0.134. The van der Waals surface area contributed by atoms with Gasteiger partial charge in [0.15, 0.2) is 0 Å². The quantitative estimate of drug-likeness (QED) is 0.490. The average molecular weight is 139 g/mol. The normalized spacial score (nSPS) is 29.3. The number of amides is 1. The third-order valence-electron chi connectivity index (χ3n) is 3.04. The van der Waals surface area contributed by atoms with Crippen molar-refractivity contribution in [1.29, 1.82) is 0 Å². The fourth-order valence-electron chi connectivity index (χ4n) is 2.06. The van der Waals surface area contributed by atoms with Gasteiger partial charge in [-0.2, -0.15) is 0 Å². The minimum absolute atomic E-state index is 0.134. The Labute approximate surface area is 61.2 Å². The summed E-state index contributed by atoms with van der Waals surface area (Å²) in [6.07, 6.45) is 4.67. The third kappa shape index (κ3) is 0.568. The van der Waals surface area contributed by atoms with Crippen LogP contribution in [0.2, 0.25) is 0 Å². The van der Waals surface area contributed by atoms with Crippen LogP contribution in [0.3, 0.4) is 0 Å². The van der Waals surface area contributed by atoms with Crippen LogP contribution in [0.25, 0.3) is 0 Å². The van der Waals surface area contributed by atoms with Crippen molar-refractivity contribution >= 4 is 5.91 Å². The van der Waals surface area contributed by atoms with Crippen molar-refractivity contribution in [1.82, 2.24) is 4.90 Å². The smallest absolute Gasteiger partial charge is 0.228 e. The molecule has 1 saturated heterocycles. The van der Waals surface area contributed by atoms with Gasteiger partial charge in [0.1, 0.15) is 0 Å². The summed E-state index contributed by atoms with van der Waals surface area (Å²) >= 11 is 0. The SMILES string of the molecule is CN1CCC2(CCC2)C1=O. The van der Waals surface area contributed by atoms with Gasteiger partial charge in [-0.1, -0.05) is 6.42 Å². The Balaban J connectivity index is 2.18. The zero-order valence-electron chi connectivity index (χ0n) is 6.39. The first-order valence-corrected chi connectivity index (χ1v) is 4.00. The predicted octanol–water partition coefficient (Wildman–Crippen LogP) is 1.02. The fourth-order valence-corrected chi connectivity index (χ4v) is 2.06. The lowest BCUT2D eigenvalue weighted by molar-refractivity contribution is -0.138. The molecule has 0 aromatic carbocycles. The van der Waals surface area contributed by atoms with E-state index in [1.807, 2.05) is 11.9 Å². The molecule has 1 aliphatic carbocycles. The highest BCUT2D eigenvalue weighted by Gasteiger charge is 2.49. The fraction of sp³-hybridized carbons (Fsp3) is 0.875. The van der Waals surface area contributed by atoms with Crippen molar-refractivity contribution < 1.29 is 4.79 Å². The van der Waals surface area contributed by atoms with Crippen molar-refractivity contribution in [2.75, 3.05) is 13.6 Å². The maximum Gasteiger partial charge on any atom is 0.228 e. The van der Waals surface area contributed by atoms with E-state index in [0.717, 1.165) is 25.8 Å². The lowest BCUT2D eigenvalue weighted by Gasteiger charge is -2.35. The summed E-state index contributed by atoms with van der Waals surface area (Å²) in [6, 6.07) is 0. The Morgan fingerprint density at radius 1 is 1.40 bits per heavy atom. The van der Waals surface area contributed by atoms with Gasteiger partial charge < -0.3 is 4.90 Å². The molecule has 2 fully saturated rings. The maximum absolute atomic E-state index is 11.4. The minimum atomic E-state index is 0.134. The van der Waals surface area contributed by atoms with Gasteiger partial charge in [-0.05, 0) is 19.3 Å². The Morgan fingerprint density at radius 3 is 2.30 bits per heavy atom. The Morgan fingerprint density at radius 2 is 2.10 bits per heavy atom. The summed E-state index contributed by atoms with van der Waals surface area (Å²) in [4.78, 5) is 13.3. The van der Waals surface area contributed by atoms with Gasteiger partial charge >= 0.3 is 0 Å². The van der Waals surface area contributed by atoms with Crippen LogP contribution >= 0.6 is 0 Å². The largest absolute Gasteiger partial charge is 0.345 e. The van der Waals surface area contributed by atoms with Crippen LogP contribution in [0, 0.1) is 5.41 Å². The molecular weight excluding hydrogens is 126 g/mol. The first-order valence-electron chi connectivity index (χ1n) is 4.00. The molecule has 0 unspecified atom stereocenters. The zero-order chi connectivity index (χ0) is 7.19. The molecule has 0 N–H and O–H groups in total. The summed E-state index contributed by atoms with van der Waals surface area (Å²) < 4.78 is 0. The lowest BCUT2D eigenvalue weighted by atomic mass is 9.68. The summed E-state index contributed by atoms with van der Waals surface area (Å²) in [5.74, 6) is 0.402. The van der Waals surface area contributed by atoms with E-state index >= 15 is 0 Å². The molecule has 56 valence electrons. The number of rotatable bonds is 0. The van der Waals surface area contributed by atoms with Gasteiger partial charge in [0.25, 0.3) is 0 Å². The number of nitrogens with zero attached hydrogens (tertiary/aromatic N) is 1. The van der Waals surface area contributed by atoms with Gasteiger partial charge in [0, 0.05) is 13.6 Å². The summed E-state index contributed by atoms with van der Waals surface area (Å²) in [6.45, 7) is 0.985. The molecule has 0 aromatic rings.